The number of aliphatic carboxylic acids is 1. The maximum Gasteiger partial charge on any atom is 0.320 e. The van der Waals surface area contributed by atoms with Gasteiger partial charge >= 0.3 is 5.97 Å². The van der Waals surface area contributed by atoms with Gasteiger partial charge in [-0.05, 0) is 18.8 Å². The summed E-state index contributed by atoms with van der Waals surface area (Å²) in [7, 11) is 0. The number of carbonyl (C=O) groups is 1. The van der Waals surface area contributed by atoms with E-state index < -0.39 is 5.97 Å². The van der Waals surface area contributed by atoms with Crippen LogP contribution >= 0.6 is 0 Å². The molecule has 0 aromatic rings. The van der Waals surface area contributed by atoms with Crippen LogP contribution in [-0.2, 0) is 4.79 Å². The minimum atomic E-state index is -0.755. The summed E-state index contributed by atoms with van der Waals surface area (Å²) in [5, 5.41) is 11.7. The Morgan fingerprint density at radius 2 is 2.42 bits per heavy atom. The quantitative estimate of drug-likeness (QED) is 0.462. The van der Waals surface area contributed by atoms with E-state index in [-0.39, 0.29) is 6.04 Å². The van der Waals surface area contributed by atoms with Gasteiger partial charge in [-0.25, -0.2) is 0 Å². The molecule has 0 amide bonds. The Hall–Kier alpha value is -1.01. The highest BCUT2D eigenvalue weighted by Crippen LogP contribution is 2.32. The first-order valence-electron chi connectivity index (χ1n) is 4.15. The lowest BCUT2D eigenvalue weighted by Crippen LogP contribution is -2.38. The van der Waals surface area contributed by atoms with Gasteiger partial charge in [-0.2, -0.15) is 0 Å². The summed E-state index contributed by atoms with van der Waals surface area (Å²) < 4.78 is 0. The standard InChI is InChI=1S/C9H13NO2/c1-2-3-6-10-8(9(11)12)7-4-5-7/h1,7-8,10H,3-6H2,(H,11,12). The third-order valence-corrected chi connectivity index (χ3v) is 1.99. The lowest BCUT2D eigenvalue weighted by Gasteiger charge is -2.11. The van der Waals surface area contributed by atoms with Crippen LogP contribution in [0.25, 0.3) is 0 Å². The Labute approximate surface area is 72.2 Å². The minimum absolute atomic E-state index is 0.334. The monoisotopic (exact) mass is 167 g/mol. The fourth-order valence-electron chi connectivity index (χ4n) is 1.19. The van der Waals surface area contributed by atoms with Crippen LogP contribution in [0.5, 0.6) is 0 Å². The zero-order valence-electron chi connectivity index (χ0n) is 6.92. The van der Waals surface area contributed by atoms with E-state index in [1.165, 1.54) is 0 Å². The van der Waals surface area contributed by atoms with Crippen LogP contribution < -0.4 is 5.32 Å². The lowest BCUT2D eigenvalue weighted by molar-refractivity contribution is -0.140. The largest absolute Gasteiger partial charge is 0.480 e. The second-order valence-electron chi connectivity index (χ2n) is 3.06. The first kappa shape index (κ1) is 9.08. The number of carboxylic acids is 1. The van der Waals surface area contributed by atoms with Crippen molar-refractivity contribution in [3.63, 3.8) is 0 Å². The second-order valence-corrected chi connectivity index (χ2v) is 3.06. The topological polar surface area (TPSA) is 49.3 Å². The maximum absolute atomic E-state index is 10.7. The summed E-state index contributed by atoms with van der Waals surface area (Å²) in [5.74, 6) is 2.04. The van der Waals surface area contributed by atoms with Gasteiger partial charge in [-0.15, -0.1) is 12.3 Å². The number of hydrogen-bond acceptors (Lipinski definition) is 2. The zero-order chi connectivity index (χ0) is 8.97. The molecule has 12 heavy (non-hydrogen) atoms. The van der Waals surface area contributed by atoms with Crippen LogP contribution in [0.2, 0.25) is 0 Å². The molecule has 0 heterocycles. The van der Waals surface area contributed by atoms with Gasteiger partial charge in [-0.1, -0.05) is 0 Å². The molecule has 1 fully saturated rings. The summed E-state index contributed by atoms with van der Waals surface area (Å²) in [4.78, 5) is 10.7. The highest BCUT2D eigenvalue weighted by molar-refractivity contribution is 5.74. The van der Waals surface area contributed by atoms with Gasteiger partial charge in [-0.3, -0.25) is 4.79 Å². The number of carboxylic acid groups (broad SMARTS) is 1. The summed E-state index contributed by atoms with van der Waals surface area (Å²) >= 11 is 0. The first-order valence-corrected chi connectivity index (χ1v) is 4.15. The lowest BCUT2D eigenvalue weighted by atomic mass is 10.2. The first-order chi connectivity index (χ1) is 5.75. The Balaban J connectivity index is 2.24. The van der Waals surface area contributed by atoms with Crippen molar-refractivity contribution in [2.24, 2.45) is 5.92 Å². The van der Waals surface area contributed by atoms with Crippen molar-refractivity contribution in [2.75, 3.05) is 6.54 Å². The van der Waals surface area contributed by atoms with E-state index in [1.807, 2.05) is 0 Å². The Bertz CT molecular complexity index is 203. The SMILES string of the molecule is C#CCCNC(C(=O)O)C1CC1. The van der Waals surface area contributed by atoms with Crippen molar-refractivity contribution < 1.29 is 9.90 Å². The van der Waals surface area contributed by atoms with Crippen molar-refractivity contribution in [3.05, 3.63) is 0 Å². The summed E-state index contributed by atoms with van der Waals surface area (Å²) in [6.45, 7) is 0.601. The molecule has 66 valence electrons. The van der Waals surface area contributed by atoms with Crippen molar-refractivity contribution in [3.8, 4) is 12.3 Å². The molecule has 0 bridgehead atoms. The maximum atomic E-state index is 10.7. The Kier molecular flexibility index (Phi) is 3.12. The molecule has 1 rings (SSSR count). The van der Waals surface area contributed by atoms with E-state index in [9.17, 15) is 4.79 Å². The molecule has 3 heteroatoms. The smallest absolute Gasteiger partial charge is 0.320 e. The van der Waals surface area contributed by atoms with Gasteiger partial charge in [0.15, 0.2) is 0 Å². The molecule has 0 aromatic heterocycles. The molecular weight excluding hydrogens is 154 g/mol. The molecule has 2 N–H and O–H groups in total. The van der Waals surface area contributed by atoms with Gasteiger partial charge in [0.25, 0.3) is 0 Å². The van der Waals surface area contributed by atoms with E-state index in [2.05, 4.69) is 11.2 Å². The van der Waals surface area contributed by atoms with E-state index in [0.717, 1.165) is 12.8 Å². The molecule has 0 aliphatic heterocycles. The molecule has 3 nitrogen and oxygen atoms in total. The highest BCUT2D eigenvalue weighted by atomic mass is 16.4. The fraction of sp³-hybridized carbons (Fsp3) is 0.667. The van der Waals surface area contributed by atoms with Gasteiger partial charge in [0.2, 0.25) is 0 Å². The zero-order valence-corrected chi connectivity index (χ0v) is 6.92. The van der Waals surface area contributed by atoms with Crippen LogP contribution in [0.15, 0.2) is 0 Å². The molecule has 0 aromatic carbocycles. The van der Waals surface area contributed by atoms with Crippen LogP contribution in [0.4, 0.5) is 0 Å². The van der Waals surface area contributed by atoms with Crippen LogP contribution in [-0.4, -0.2) is 23.7 Å². The highest BCUT2D eigenvalue weighted by Gasteiger charge is 2.35. The third-order valence-electron chi connectivity index (χ3n) is 1.99. The number of hydrogen-bond donors (Lipinski definition) is 2. The predicted octanol–water partition coefficient (Wildman–Crippen LogP) is 0.462. The molecule has 1 aliphatic rings. The molecule has 1 aliphatic carbocycles. The number of rotatable bonds is 5. The average molecular weight is 167 g/mol. The van der Waals surface area contributed by atoms with Crippen LogP contribution in [0.3, 0.4) is 0 Å². The van der Waals surface area contributed by atoms with E-state index in [4.69, 9.17) is 11.5 Å². The minimum Gasteiger partial charge on any atom is -0.480 e. The molecule has 1 unspecified atom stereocenters. The fourth-order valence-corrected chi connectivity index (χ4v) is 1.19. The van der Waals surface area contributed by atoms with E-state index >= 15 is 0 Å². The Morgan fingerprint density at radius 3 is 2.83 bits per heavy atom. The van der Waals surface area contributed by atoms with Crippen LogP contribution in [0.1, 0.15) is 19.3 Å². The molecular formula is C9H13NO2. The van der Waals surface area contributed by atoms with Gasteiger partial charge in [0, 0.05) is 13.0 Å². The van der Waals surface area contributed by atoms with Gasteiger partial charge in [0.05, 0.1) is 0 Å². The van der Waals surface area contributed by atoms with Crippen LogP contribution in [0, 0.1) is 18.3 Å². The average Bonchev–Trinajstić information content (AvgIpc) is 2.80. The normalized spacial score (nSPS) is 18.2. The summed E-state index contributed by atoms with van der Waals surface area (Å²) in [5.41, 5.74) is 0. The second kappa shape index (κ2) is 4.13. The van der Waals surface area contributed by atoms with Crippen molar-refractivity contribution >= 4 is 5.97 Å². The molecule has 0 saturated heterocycles. The van der Waals surface area contributed by atoms with E-state index in [1.54, 1.807) is 0 Å². The predicted molar refractivity (Wildman–Crippen MR) is 45.6 cm³/mol. The van der Waals surface area contributed by atoms with Gasteiger partial charge < -0.3 is 10.4 Å². The number of terminal acetylenes is 1. The molecule has 1 atom stereocenters. The van der Waals surface area contributed by atoms with Crippen molar-refractivity contribution in [1.29, 1.82) is 0 Å². The van der Waals surface area contributed by atoms with Crippen molar-refractivity contribution in [1.82, 2.24) is 5.32 Å². The number of nitrogens with one attached hydrogen (secondary N) is 1. The van der Waals surface area contributed by atoms with Gasteiger partial charge in [0.1, 0.15) is 6.04 Å². The summed E-state index contributed by atoms with van der Waals surface area (Å²) in [6.07, 6.45) is 7.69. The summed E-state index contributed by atoms with van der Waals surface area (Å²) in [6, 6.07) is -0.377. The molecule has 1 saturated carbocycles. The molecule has 0 radical (unpaired) electrons. The third kappa shape index (κ3) is 2.55. The van der Waals surface area contributed by atoms with Crippen molar-refractivity contribution in [2.45, 2.75) is 25.3 Å². The molecule has 0 spiro atoms. The van der Waals surface area contributed by atoms with E-state index in [0.29, 0.717) is 18.9 Å². The Morgan fingerprint density at radius 1 is 1.75 bits per heavy atom.